The molecular formula is C13H25N3O4. The molecule has 2 unspecified atom stereocenters. The molecule has 0 fully saturated rings. The molecule has 0 aliphatic carbocycles. The molecular weight excluding hydrogens is 262 g/mol. The van der Waals surface area contributed by atoms with Crippen molar-refractivity contribution in [1.29, 1.82) is 0 Å². The molecule has 7 heteroatoms. The number of nitrogens with one attached hydrogen (secondary N) is 3. The van der Waals surface area contributed by atoms with Gasteiger partial charge in [0.05, 0.1) is 5.92 Å². The highest BCUT2D eigenvalue weighted by molar-refractivity contribution is 5.86. The zero-order chi connectivity index (χ0) is 15.5. The number of carboxylic acids is 1. The van der Waals surface area contributed by atoms with Gasteiger partial charge in [0.15, 0.2) is 0 Å². The van der Waals surface area contributed by atoms with E-state index in [4.69, 9.17) is 5.11 Å². The van der Waals surface area contributed by atoms with Crippen LogP contribution in [0.1, 0.15) is 40.0 Å². The van der Waals surface area contributed by atoms with E-state index in [9.17, 15) is 14.4 Å². The standard InChI is InChI=1S/C13H25N3O4/c1-4-6-10(12(18)19)8-15-13(20)16-9(3)11(17)14-7-5-2/h9-10H,4-8H2,1-3H3,(H,14,17)(H,18,19)(H2,15,16,20). The molecule has 4 N–H and O–H groups in total. The van der Waals surface area contributed by atoms with Gasteiger partial charge in [-0.2, -0.15) is 0 Å². The molecule has 3 amide bonds. The summed E-state index contributed by atoms with van der Waals surface area (Å²) in [6, 6.07) is -1.19. The zero-order valence-electron chi connectivity index (χ0n) is 12.4. The molecule has 0 heterocycles. The molecule has 0 aliphatic rings. The highest BCUT2D eigenvalue weighted by Crippen LogP contribution is 2.04. The Balaban J connectivity index is 4.09. The Morgan fingerprint density at radius 1 is 1.10 bits per heavy atom. The van der Waals surface area contributed by atoms with Crippen molar-refractivity contribution in [2.75, 3.05) is 13.1 Å². The minimum Gasteiger partial charge on any atom is -0.481 e. The summed E-state index contributed by atoms with van der Waals surface area (Å²) in [5, 5.41) is 16.6. The topological polar surface area (TPSA) is 108 Å². The fourth-order valence-corrected chi connectivity index (χ4v) is 1.59. The predicted molar refractivity (Wildman–Crippen MR) is 75.3 cm³/mol. The van der Waals surface area contributed by atoms with Crippen LogP contribution in [0.25, 0.3) is 0 Å². The lowest BCUT2D eigenvalue weighted by molar-refractivity contribution is -0.141. The van der Waals surface area contributed by atoms with Crippen LogP contribution in [-0.2, 0) is 9.59 Å². The van der Waals surface area contributed by atoms with Crippen molar-refractivity contribution in [3.8, 4) is 0 Å². The summed E-state index contributed by atoms with van der Waals surface area (Å²) >= 11 is 0. The van der Waals surface area contributed by atoms with Gasteiger partial charge in [0.25, 0.3) is 0 Å². The summed E-state index contributed by atoms with van der Waals surface area (Å²) in [5.41, 5.74) is 0. The largest absolute Gasteiger partial charge is 0.481 e. The van der Waals surface area contributed by atoms with Crippen LogP contribution in [0.4, 0.5) is 4.79 Å². The van der Waals surface area contributed by atoms with E-state index < -0.39 is 24.0 Å². The van der Waals surface area contributed by atoms with Gasteiger partial charge >= 0.3 is 12.0 Å². The first-order valence-electron chi connectivity index (χ1n) is 6.97. The number of aliphatic carboxylic acids is 1. The first kappa shape index (κ1) is 18.2. The molecule has 0 aromatic heterocycles. The molecule has 2 atom stereocenters. The molecule has 0 saturated carbocycles. The van der Waals surface area contributed by atoms with Crippen LogP contribution in [0, 0.1) is 5.92 Å². The number of carbonyl (C=O) groups excluding carboxylic acids is 2. The summed E-state index contributed by atoms with van der Waals surface area (Å²) < 4.78 is 0. The van der Waals surface area contributed by atoms with Gasteiger partial charge in [-0.3, -0.25) is 9.59 Å². The zero-order valence-corrected chi connectivity index (χ0v) is 12.4. The van der Waals surface area contributed by atoms with Crippen molar-refractivity contribution in [3.05, 3.63) is 0 Å². The van der Waals surface area contributed by atoms with E-state index in [0.717, 1.165) is 12.8 Å². The van der Waals surface area contributed by atoms with Crippen LogP contribution >= 0.6 is 0 Å². The van der Waals surface area contributed by atoms with Crippen molar-refractivity contribution in [3.63, 3.8) is 0 Å². The van der Waals surface area contributed by atoms with Gasteiger partial charge < -0.3 is 21.1 Å². The quantitative estimate of drug-likeness (QED) is 0.500. The van der Waals surface area contributed by atoms with Crippen molar-refractivity contribution >= 4 is 17.9 Å². The highest BCUT2D eigenvalue weighted by atomic mass is 16.4. The van der Waals surface area contributed by atoms with E-state index in [2.05, 4.69) is 16.0 Å². The van der Waals surface area contributed by atoms with Crippen molar-refractivity contribution < 1.29 is 19.5 Å². The monoisotopic (exact) mass is 287 g/mol. The first-order valence-corrected chi connectivity index (χ1v) is 6.97. The normalized spacial score (nSPS) is 13.2. The van der Waals surface area contributed by atoms with E-state index in [1.807, 2.05) is 13.8 Å². The minimum absolute atomic E-state index is 0.0539. The van der Waals surface area contributed by atoms with E-state index in [0.29, 0.717) is 13.0 Å². The van der Waals surface area contributed by atoms with Crippen molar-refractivity contribution in [1.82, 2.24) is 16.0 Å². The molecule has 0 spiro atoms. The maximum atomic E-state index is 11.6. The molecule has 0 rings (SSSR count). The number of hydrogen-bond donors (Lipinski definition) is 4. The van der Waals surface area contributed by atoms with Crippen LogP contribution < -0.4 is 16.0 Å². The van der Waals surface area contributed by atoms with Crippen LogP contribution in [0.2, 0.25) is 0 Å². The summed E-state index contributed by atoms with van der Waals surface area (Å²) in [6.07, 6.45) is 2.06. The third kappa shape index (κ3) is 7.60. The average molecular weight is 287 g/mol. The Morgan fingerprint density at radius 2 is 1.75 bits per heavy atom. The predicted octanol–water partition coefficient (Wildman–Crippen LogP) is 0.701. The van der Waals surface area contributed by atoms with E-state index in [1.165, 1.54) is 0 Å². The first-order chi connectivity index (χ1) is 9.42. The number of amides is 3. The van der Waals surface area contributed by atoms with Gasteiger partial charge in [-0.25, -0.2) is 4.79 Å². The fraction of sp³-hybridized carbons (Fsp3) is 0.769. The number of urea groups is 1. The molecule has 116 valence electrons. The summed E-state index contributed by atoms with van der Waals surface area (Å²) in [4.78, 5) is 34.0. The SMILES string of the molecule is CCCNC(=O)C(C)NC(=O)NCC(CCC)C(=O)O. The molecule has 0 aromatic rings. The second-order valence-electron chi connectivity index (χ2n) is 4.69. The number of hydrogen-bond acceptors (Lipinski definition) is 3. The molecule has 7 nitrogen and oxygen atoms in total. The van der Waals surface area contributed by atoms with E-state index >= 15 is 0 Å². The van der Waals surface area contributed by atoms with Gasteiger partial charge in [0.1, 0.15) is 6.04 Å². The smallest absolute Gasteiger partial charge is 0.315 e. The maximum absolute atomic E-state index is 11.6. The lowest BCUT2D eigenvalue weighted by atomic mass is 10.0. The van der Waals surface area contributed by atoms with Crippen molar-refractivity contribution in [2.45, 2.75) is 46.1 Å². The van der Waals surface area contributed by atoms with Gasteiger partial charge in [-0.15, -0.1) is 0 Å². The number of rotatable bonds is 9. The van der Waals surface area contributed by atoms with Gasteiger partial charge in [-0.1, -0.05) is 20.3 Å². The highest BCUT2D eigenvalue weighted by Gasteiger charge is 2.19. The summed E-state index contributed by atoms with van der Waals surface area (Å²) in [5.74, 6) is -1.79. The molecule has 0 radical (unpaired) electrons. The summed E-state index contributed by atoms with van der Waals surface area (Å²) in [6.45, 7) is 6.01. The Kier molecular flexibility index (Phi) is 9.15. The molecule has 0 saturated heterocycles. The summed E-state index contributed by atoms with van der Waals surface area (Å²) in [7, 11) is 0. The van der Waals surface area contributed by atoms with Gasteiger partial charge in [0, 0.05) is 13.1 Å². The Labute approximate surface area is 119 Å². The number of carboxylic acid groups (broad SMARTS) is 1. The second kappa shape index (κ2) is 10.1. The Hall–Kier alpha value is -1.79. The van der Waals surface area contributed by atoms with Crippen LogP contribution in [-0.4, -0.2) is 42.1 Å². The van der Waals surface area contributed by atoms with Crippen molar-refractivity contribution in [2.24, 2.45) is 5.92 Å². The molecule has 20 heavy (non-hydrogen) atoms. The maximum Gasteiger partial charge on any atom is 0.315 e. The second-order valence-corrected chi connectivity index (χ2v) is 4.69. The van der Waals surface area contributed by atoms with Crippen LogP contribution in [0.3, 0.4) is 0 Å². The van der Waals surface area contributed by atoms with E-state index in [-0.39, 0.29) is 12.5 Å². The average Bonchev–Trinajstić information content (AvgIpc) is 2.40. The van der Waals surface area contributed by atoms with E-state index in [1.54, 1.807) is 6.92 Å². The Bertz CT molecular complexity index is 334. The van der Waals surface area contributed by atoms with Crippen LogP contribution in [0.5, 0.6) is 0 Å². The van der Waals surface area contributed by atoms with Gasteiger partial charge in [0.2, 0.25) is 5.91 Å². The van der Waals surface area contributed by atoms with Gasteiger partial charge in [-0.05, 0) is 19.8 Å². The minimum atomic E-state index is -0.930. The lowest BCUT2D eigenvalue weighted by Gasteiger charge is -2.16. The molecule has 0 aliphatic heterocycles. The van der Waals surface area contributed by atoms with Crippen LogP contribution in [0.15, 0.2) is 0 Å². The third-order valence-electron chi connectivity index (χ3n) is 2.79. The number of carbonyl (C=O) groups is 3. The fourth-order valence-electron chi connectivity index (χ4n) is 1.59. The third-order valence-corrected chi connectivity index (χ3v) is 2.79. The lowest BCUT2D eigenvalue weighted by Crippen LogP contribution is -2.49. The molecule has 0 aromatic carbocycles. The molecule has 0 bridgehead atoms. The Morgan fingerprint density at radius 3 is 2.25 bits per heavy atom.